The van der Waals surface area contributed by atoms with E-state index in [4.69, 9.17) is 10.3 Å². The zero-order valence-corrected chi connectivity index (χ0v) is 8.20. The molecule has 1 heterocycles. The summed E-state index contributed by atoms with van der Waals surface area (Å²) in [7, 11) is 0. The number of hydrogen-bond acceptors (Lipinski definition) is 4. The fourth-order valence-corrected chi connectivity index (χ4v) is 1.25. The van der Waals surface area contributed by atoms with Crippen LogP contribution >= 0.6 is 0 Å². The van der Waals surface area contributed by atoms with Crippen molar-refractivity contribution < 1.29 is 8.91 Å². The van der Waals surface area contributed by atoms with Crippen molar-refractivity contribution in [1.82, 2.24) is 10.1 Å². The maximum absolute atomic E-state index is 13.5. The lowest BCUT2D eigenvalue weighted by molar-refractivity contribution is 0.380. The minimum atomic E-state index is -0.362. The monoisotopic (exact) mass is 207 g/mol. The van der Waals surface area contributed by atoms with Gasteiger partial charge < -0.3 is 10.3 Å². The Bertz CT molecular complexity index is 481. The molecule has 0 unspecified atom stereocenters. The third-order valence-electron chi connectivity index (χ3n) is 2.01. The van der Waals surface area contributed by atoms with Gasteiger partial charge in [-0.2, -0.15) is 4.98 Å². The molecule has 0 spiro atoms. The van der Waals surface area contributed by atoms with E-state index in [1.165, 1.54) is 6.07 Å². The number of rotatable bonds is 2. The molecule has 78 valence electrons. The van der Waals surface area contributed by atoms with Gasteiger partial charge in [0.15, 0.2) is 0 Å². The Hall–Kier alpha value is -1.75. The van der Waals surface area contributed by atoms with Gasteiger partial charge in [0.2, 0.25) is 11.7 Å². The highest BCUT2D eigenvalue weighted by atomic mass is 19.1. The number of nitrogens with two attached hydrogens (primary N) is 1. The maximum Gasteiger partial charge on any atom is 0.240 e. The van der Waals surface area contributed by atoms with Crippen molar-refractivity contribution in [1.29, 1.82) is 0 Å². The molecule has 0 atom stereocenters. The number of hydrogen-bond donors (Lipinski definition) is 1. The maximum atomic E-state index is 13.5. The zero-order valence-electron chi connectivity index (χ0n) is 8.20. The molecule has 0 saturated heterocycles. The molecule has 1 aromatic heterocycles. The Balaban J connectivity index is 2.44. The summed E-state index contributed by atoms with van der Waals surface area (Å²) in [5.41, 5.74) is 6.48. The Kier molecular flexibility index (Phi) is 2.47. The minimum absolute atomic E-state index is 0.153. The first-order chi connectivity index (χ1) is 7.20. The van der Waals surface area contributed by atoms with Crippen LogP contribution in [0, 0.1) is 12.7 Å². The second kappa shape index (κ2) is 3.78. The predicted octanol–water partition coefficient (Wildman–Crippen LogP) is 1.64. The summed E-state index contributed by atoms with van der Waals surface area (Å²) in [5, 5.41) is 3.64. The molecule has 0 aliphatic rings. The van der Waals surface area contributed by atoms with Gasteiger partial charge in [-0.25, -0.2) is 4.39 Å². The van der Waals surface area contributed by atoms with E-state index in [2.05, 4.69) is 10.1 Å². The van der Waals surface area contributed by atoms with Crippen molar-refractivity contribution in [2.24, 2.45) is 5.73 Å². The van der Waals surface area contributed by atoms with Crippen LogP contribution in [0.2, 0.25) is 0 Å². The second-order valence-electron chi connectivity index (χ2n) is 3.20. The average Bonchev–Trinajstić information content (AvgIpc) is 2.66. The van der Waals surface area contributed by atoms with Gasteiger partial charge in [-0.05, 0) is 24.6 Å². The molecular weight excluding hydrogens is 197 g/mol. The van der Waals surface area contributed by atoms with Crippen LogP contribution < -0.4 is 5.73 Å². The number of aromatic nitrogens is 2. The van der Waals surface area contributed by atoms with Crippen molar-refractivity contribution in [2.45, 2.75) is 13.5 Å². The molecular formula is C10H10FN3O. The van der Waals surface area contributed by atoms with Crippen LogP contribution in [-0.2, 0) is 6.54 Å². The Morgan fingerprint density at radius 2 is 2.27 bits per heavy atom. The van der Waals surface area contributed by atoms with Crippen molar-refractivity contribution in [3.63, 3.8) is 0 Å². The molecule has 0 saturated carbocycles. The molecule has 0 fully saturated rings. The van der Waals surface area contributed by atoms with Gasteiger partial charge in [-0.1, -0.05) is 11.2 Å². The SMILES string of the molecule is Cc1ccc(-c2noc(CN)n2)c(F)c1. The van der Waals surface area contributed by atoms with Gasteiger partial charge in [-0.3, -0.25) is 0 Å². The lowest BCUT2D eigenvalue weighted by Crippen LogP contribution is -1.96. The van der Waals surface area contributed by atoms with Gasteiger partial charge >= 0.3 is 0 Å². The molecule has 2 aromatic rings. The molecule has 0 aliphatic carbocycles. The third kappa shape index (κ3) is 1.87. The van der Waals surface area contributed by atoms with E-state index in [-0.39, 0.29) is 18.2 Å². The fraction of sp³-hybridized carbons (Fsp3) is 0.200. The largest absolute Gasteiger partial charge is 0.338 e. The first-order valence-corrected chi connectivity index (χ1v) is 4.50. The number of halogens is 1. The van der Waals surface area contributed by atoms with Crippen LogP contribution in [-0.4, -0.2) is 10.1 Å². The van der Waals surface area contributed by atoms with Crippen LogP contribution in [0.4, 0.5) is 4.39 Å². The highest BCUT2D eigenvalue weighted by Crippen LogP contribution is 2.20. The van der Waals surface area contributed by atoms with Gasteiger partial charge in [-0.15, -0.1) is 0 Å². The highest BCUT2D eigenvalue weighted by Gasteiger charge is 2.11. The van der Waals surface area contributed by atoms with Crippen LogP contribution in [0.1, 0.15) is 11.5 Å². The van der Waals surface area contributed by atoms with Crippen LogP contribution in [0.15, 0.2) is 22.7 Å². The summed E-state index contributed by atoms with van der Waals surface area (Å²) in [6, 6.07) is 4.83. The van der Waals surface area contributed by atoms with Crippen LogP contribution in [0.3, 0.4) is 0 Å². The molecule has 2 N–H and O–H groups in total. The van der Waals surface area contributed by atoms with Gasteiger partial charge in [0.25, 0.3) is 0 Å². The number of nitrogens with zero attached hydrogens (tertiary/aromatic N) is 2. The summed E-state index contributed by atoms with van der Waals surface area (Å²) in [6.07, 6.45) is 0. The second-order valence-corrected chi connectivity index (χ2v) is 3.20. The Morgan fingerprint density at radius 1 is 1.47 bits per heavy atom. The topological polar surface area (TPSA) is 64.9 Å². The molecule has 5 heteroatoms. The predicted molar refractivity (Wildman–Crippen MR) is 52.3 cm³/mol. The molecule has 15 heavy (non-hydrogen) atoms. The van der Waals surface area contributed by atoms with E-state index >= 15 is 0 Å². The quantitative estimate of drug-likeness (QED) is 0.813. The van der Waals surface area contributed by atoms with E-state index in [0.29, 0.717) is 11.5 Å². The molecule has 2 rings (SSSR count). The van der Waals surface area contributed by atoms with Crippen molar-refractivity contribution in [3.05, 3.63) is 35.5 Å². The summed E-state index contributed by atoms with van der Waals surface area (Å²) in [6.45, 7) is 1.97. The Labute approximate surface area is 85.9 Å². The summed E-state index contributed by atoms with van der Waals surface area (Å²) >= 11 is 0. The van der Waals surface area contributed by atoms with Gasteiger partial charge in [0.05, 0.1) is 12.1 Å². The molecule has 1 aromatic carbocycles. The normalized spacial score (nSPS) is 10.6. The first kappa shape index (κ1) is 9.79. The summed E-state index contributed by atoms with van der Waals surface area (Å²) in [5.74, 6) is 0.164. The fourth-order valence-electron chi connectivity index (χ4n) is 1.25. The molecule has 0 aliphatic heterocycles. The van der Waals surface area contributed by atoms with Crippen molar-refractivity contribution in [2.75, 3.05) is 0 Å². The average molecular weight is 207 g/mol. The first-order valence-electron chi connectivity index (χ1n) is 4.50. The van der Waals surface area contributed by atoms with E-state index in [1.54, 1.807) is 12.1 Å². The third-order valence-corrected chi connectivity index (χ3v) is 2.01. The minimum Gasteiger partial charge on any atom is -0.338 e. The van der Waals surface area contributed by atoms with Crippen molar-refractivity contribution in [3.8, 4) is 11.4 Å². The summed E-state index contributed by atoms with van der Waals surface area (Å²) in [4.78, 5) is 3.95. The lowest BCUT2D eigenvalue weighted by atomic mass is 10.1. The van der Waals surface area contributed by atoms with E-state index in [9.17, 15) is 4.39 Å². The smallest absolute Gasteiger partial charge is 0.240 e. The zero-order chi connectivity index (χ0) is 10.8. The summed E-state index contributed by atoms with van der Waals surface area (Å²) < 4.78 is 18.3. The van der Waals surface area contributed by atoms with E-state index < -0.39 is 0 Å². The number of benzene rings is 1. The standard InChI is InChI=1S/C10H10FN3O/c1-6-2-3-7(8(11)4-6)10-13-9(5-12)15-14-10/h2-4H,5,12H2,1H3. The lowest BCUT2D eigenvalue weighted by Gasteiger charge is -1.97. The van der Waals surface area contributed by atoms with E-state index in [1.807, 2.05) is 6.92 Å². The van der Waals surface area contributed by atoms with E-state index in [0.717, 1.165) is 5.56 Å². The molecule has 0 amide bonds. The highest BCUT2D eigenvalue weighted by molar-refractivity contribution is 5.55. The van der Waals surface area contributed by atoms with Crippen LogP contribution in [0.5, 0.6) is 0 Å². The number of aryl methyl sites for hydroxylation is 1. The Morgan fingerprint density at radius 3 is 2.87 bits per heavy atom. The molecule has 0 radical (unpaired) electrons. The van der Waals surface area contributed by atoms with Crippen LogP contribution in [0.25, 0.3) is 11.4 Å². The van der Waals surface area contributed by atoms with Gasteiger partial charge in [0, 0.05) is 0 Å². The molecule has 4 nitrogen and oxygen atoms in total. The van der Waals surface area contributed by atoms with Crippen molar-refractivity contribution >= 4 is 0 Å². The molecule has 0 bridgehead atoms. The van der Waals surface area contributed by atoms with Gasteiger partial charge in [0.1, 0.15) is 5.82 Å².